The fourth-order valence-electron chi connectivity index (χ4n) is 4.92. The van der Waals surface area contributed by atoms with Crippen molar-refractivity contribution >= 4 is 28.2 Å². The third kappa shape index (κ3) is 4.37. The van der Waals surface area contributed by atoms with E-state index in [4.69, 9.17) is 4.98 Å². The number of piperazine rings is 1. The number of fused-ring (bicyclic) bond motifs is 3. The van der Waals surface area contributed by atoms with Crippen LogP contribution in [0.4, 0.5) is 11.5 Å². The SMILES string of the molecule is CCc1nnc2c(NCCCN3CCN(c4cccc(C)c4)C(C)C3)nc3ccccc3n12. The quantitative estimate of drug-likeness (QED) is 0.433. The predicted octanol–water partition coefficient (Wildman–Crippen LogP) is 4.16. The molecule has 0 bridgehead atoms. The highest BCUT2D eigenvalue weighted by molar-refractivity contribution is 5.82. The molecule has 1 aliphatic rings. The lowest BCUT2D eigenvalue weighted by Crippen LogP contribution is -2.52. The van der Waals surface area contributed by atoms with Gasteiger partial charge in [-0.2, -0.15) is 0 Å². The van der Waals surface area contributed by atoms with Crippen molar-refractivity contribution in [2.24, 2.45) is 0 Å². The van der Waals surface area contributed by atoms with Gasteiger partial charge in [0, 0.05) is 44.3 Å². The summed E-state index contributed by atoms with van der Waals surface area (Å²) in [5.41, 5.74) is 5.49. The third-order valence-electron chi connectivity index (χ3n) is 6.60. The second kappa shape index (κ2) is 9.35. The number of rotatable bonds is 7. The summed E-state index contributed by atoms with van der Waals surface area (Å²) in [7, 11) is 0. The van der Waals surface area contributed by atoms with Crippen LogP contribution in [-0.2, 0) is 6.42 Å². The Balaban J connectivity index is 1.20. The maximum atomic E-state index is 4.84. The van der Waals surface area contributed by atoms with Crippen LogP contribution in [0.25, 0.3) is 16.7 Å². The molecule has 0 aliphatic carbocycles. The van der Waals surface area contributed by atoms with E-state index in [0.29, 0.717) is 6.04 Å². The van der Waals surface area contributed by atoms with Gasteiger partial charge in [0.2, 0.25) is 5.65 Å². The fraction of sp³-hybridized carbons (Fsp3) is 0.423. The number of hydrogen-bond acceptors (Lipinski definition) is 6. The van der Waals surface area contributed by atoms with Crippen molar-refractivity contribution in [1.29, 1.82) is 0 Å². The lowest BCUT2D eigenvalue weighted by atomic mass is 10.1. The van der Waals surface area contributed by atoms with E-state index >= 15 is 0 Å². The van der Waals surface area contributed by atoms with Crippen LogP contribution in [0.1, 0.15) is 31.7 Å². The molecule has 0 radical (unpaired) electrons. The maximum absolute atomic E-state index is 4.84. The Morgan fingerprint density at radius 1 is 1.06 bits per heavy atom. The van der Waals surface area contributed by atoms with Gasteiger partial charge < -0.3 is 10.2 Å². The van der Waals surface area contributed by atoms with E-state index in [1.54, 1.807) is 0 Å². The zero-order valence-electron chi connectivity index (χ0n) is 19.8. The van der Waals surface area contributed by atoms with Gasteiger partial charge in [0.05, 0.1) is 11.0 Å². The van der Waals surface area contributed by atoms with Crippen LogP contribution in [-0.4, -0.2) is 63.2 Å². The minimum atomic E-state index is 0.513. The number of hydrogen-bond donors (Lipinski definition) is 1. The highest BCUT2D eigenvalue weighted by Gasteiger charge is 2.23. The molecule has 33 heavy (non-hydrogen) atoms. The summed E-state index contributed by atoms with van der Waals surface area (Å²) in [5, 5.41) is 12.4. The van der Waals surface area contributed by atoms with Crippen molar-refractivity contribution in [1.82, 2.24) is 24.5 Å². The van der Waals surface area contributed by atoms with Crippen LogP contribution < -0.4 is 10.2 Å². The van der Waals surface area contributed by atoms with Crippen molar-refractivity contribution in [2.45, 2.75) is 39.7 Å². The van der Waals surface area contributed by atoms with Crippen LogP contribution >= 0.6 is 0 Å². The topological polar surface area (TPSA) is 61.6 Å². The molecule has 1 aliphatic heterocycles. The van der Waals surface area contributed by atoms with Gasteiger partial charge >= 0.3 is 0 Å². The Hall–Kier alpha value is -3.19. The van der Waals surface area contributed by atoms with Crippen molar-refractivity contribution < 1.29 is 0 Å². The van der Waals surface area contributed by atoms with Crippen molar-refractivity contribution in [3.63, 3.8) is 0 Å². The summed E-state index contributed by atoms with van der Waals surface area (Å²) < 4.78 is 2.14. The average molecular weight is 444 g/mol. The smallest absolute Gasteiger partial charge is 0.204 e. The lowest BCUT2D eigenvalue weighted by Gasteiger charge is -2.41. The second-order valence-electron chi connectivity index (χ2n) is 9.04. The van der Waals surface area contributed by atoms with Gasteiger partial charge in [-0.25, -0.2) is 4.98 Å². The first-order valence-electron chi connectivity index (χ1n) is 12.1. The summed E-state index contributed by atoms with van der Waals surface area (Å²) >= 11 is 0. The highest BCUT2D eigenvalue weighted by atomic mass is 15.3. The molecule has 2 aromatic carbocycles. The Morgan fingerprint density at radius 3 is 2.76 bits per heavy atom. The molecule has 1 fully saturated rings. The third-order valence-corrected chi connectivity index (χ3v) is 6.60. The first kappa shape index (κ1) is 21.6. The van der Waals surface area contributed by atoms with Crippen LogP contribution in [0.3, 0.4) is 0 Å². The zero-order valence-corrected chi connectivity index (χ0v) is 19.8. The normalized spacial score (nSPS) is 17.2. The van der Waals surface area contributed by atoms with E-state index in [0.717, 1.165) is 73.9 Å². The predicted molar refractivity (Wildman–Crippen MR) is 135 cm³/mol. The molecule has 0 spiro atoms. The van der Waals surface area contributed by atoms with E-state index < -0.39 is 0 Å². The molecular weight excluding hydrogens is 410 g/mol. The number of nitrogens with zero attached hydrogens (tertiary/aromatic N) is 6. The van der Waals surface area contributed by atoms with Gasteiger partial charge in [-0.3, -0.25) is 9.30 Å². The van der Waals surface area contributed by atoms with Gasteiger partial charge in [0.1, 0.15) is 5.82 Å². The molecule has 7 nitrogen and oxygen atoms in total. The van der Waals surface area contributed by atoms with Crippen molar-refractivity contribution in [3.05, 3.63) is 59.9 Å². The van der Waals surface area contributed by atoms with E-state index in [1.165, 1.54) is 11.3 Å². The zero-order chi connectivity index (χ0) is 22.8. The minimum Gasteiger partial charge on any atom is -0.367 e. The van der Waals surface area contributed by atoms with Crippen molar-refractivity contribution in [2.75, 3.05) is 42.9 Å². The molecule has 0 amide bonds. The Kier molecular flexibility index (Phi) is 6.13. The summed E-state index contributed by atoms with van der Waals surface area (Å²) in [6.45, 7) is 11.8. The van der Waals surface area contributed by atoms with Gasteiger partial charge in [-0.15, -0.1) is 10.2 Å². The molecule has 5 rings (SSSR count). The molecule has 7 heteroatoms. The average Bonchev–Trinajstić information content (AvgIpc) is 3.27. The van der Waals surface area contributed by atoms with E-state index in [1.807, 2.05) is 12.1 Å². The number of anilines is 2. The van der Waals surface area contributed by atoms with Gasteiger partial charge in [-0.05, 0) is 56.6 Å². The number of aromatic nitrogens is 4. The molecule has 1 atom stereocenters. The molecular formula is C26H33N7. The van der Waals surface area contributed by atoms with Crippen LogP contribution in [0.5, 0.6) is 0 Å². The number of benzene rings is 2. The Bertz CT molecular complexity index is 1250. The number of nitrogens with one attached hydrogen (secondary N) is 1. The van der Waals surface area contributed by atoms with Gasteiger partial charge in [0.25, 0.3) is 0 Å². The standard InChI is InChI=1S/C26H33N7/c1-4-24-29-30-26-25(28-22-11-5-6-12-23(22)33(24)26)27-13-8-14-31-15-16-32(20(3)18-31)21-10-7-9-19(2)17-21/h5-7,9-12,17,20H,4,8,13-16,18H2,1-3H3,(H,27,28). The monoisotopic (exact) mass is 443 g/mol. The molecule has 1 unspecified atom stereocenters. The first-order chi connectivity index (χ1) is 16.1. The van der Waals surface area contributed by atoms with Crippen LogP contribution in [0.2, 0.25) is 0 Å². The molecule has 1 saturated heterocycles. The molecule has 172 valence electrons. The van der Waals surface area contributed by atoms with Gasteiger partial charge in [0.15, 0.2) is 5.82 Å². The number of para-hydroxylation sites is 2. The molecule has 0 saturated carbocycles. The summed E-state index contributed by atoms with van der Waals surface area (Å²) in [6.07, 6.45) is 1.90. The van der Waals surface area contributed by atoms with Crippen LogP contribution in [0, 0.1) is 6.92 Å². The Morgan fingerprint density at radius 2 is 1.94 bits per heavy atom. The van der Waals surface area contributed by atoms with E-state index in [9.17, 15) is 0 Å². The lowest BCUT2D eigenvalue weighted by molar-refractivity contribution is 0.228. The summed E-state index contributed by atoms with van der Waals surface area (Å²) in [6, 6.07) is 17.6. The highest BCUT2D eigenvalue weighted by Crippen LogP contribution is 2.23. The van der Waals surface area contributed by atoms with Crippen molar-refractivity contribution in [3.8, 4) is 0 Å². The molecule has 4 aromatic rings. The first-order valence-corrected chi connectivity index (χ1v) is 12.1. The van der Waals surface area contributed by atoms with Gasteiger partial charge in [-0.1, -0.05) is 31.2 Å². The number of aryl methyl sites for hydroxylation is 2. The molecule has 1 N–H and O–H groups in total. The second-order valence-corrected chi connectivity index (χ2v) is 9.04. The summed E-state index contributed by atoms with van der Waals surface area (Å²) in [5.74, 6) is 1.78. The molecule has 2 aromatic heterocycles. The molecule has 3 heterocycles. The van der Waals surface area contributed by atoms with Crippen LogP contribution in [0.15, 0.2) is 48.5 Å². The van der Waals surface area contributed by atoms with E-state index in [-0.39, 0.29) is 0 Å². The minimum absolute atomic E-state index is 0.513. The fourth-order valence-corrected chi connectivity index (χ4v) is 4.92. The Labute approximate surface area is 195 Å². The van der Waals surface area contributed by atoms with E-state index in [2.05, 4.69) is 86.9 Å². The maximum Gasteiger partial charge on any atom is 0.204 e. The largest absolute Gasteiger partial charge is 0.367 e. The summed E-state index contributed by atoms with van der Waals surface area (Å²) in [4.78, 5) is 9.96.